The van der Waals surface area contributed by atoms with E-state index in [4.69, 9.17) is 4.74 Å². The topological polar surface area (TPSA) is 87.7 Å². The fourth-order valence-corrected chi connectivity index (χ4v) is 2.85. The number of amides is 4. The maximum Gasteiger partial charge on any atom is 0.410 e. The Bertz CT molecular complexity index is 461. The van der Waals surface area contributed by atoms with E-state index < -0.39 is 17.2 Å². The van der Waals surface area contributed by atoms with Crippen LogP contribution in [0.15, 0.2) is 0 Å². The maximum absolute atomic E-state index is 12.0. The molecule has 7 nitrogen and oxygen atoms in total. The Kier molecular flexibility index (Phi) is 3.86. The lowest BCUT2D eigenvalue weighted by Gasteiger charge is -2.38. The van der Waals surface area contributed by atoms with Gasteiger partial charge in [-0.2, -0.15) is 0 Å². The van der Waals surface area contributed by atoms with E-state index in [-0.39, 0.29) is 18.0 Å². The Morgan fingerprint density at radius 2 is 1.86 bits per heavy atom. The summed E-state index contributed by atoms with van der Waals surface area (Å²) >= 11 is 0. The highest BCUT2D eigenvalue weighted by Gasteiger charge is 2.48. The SMILES string of the molecule is CN(C(=O)OC(C)(C)C)C1CCC2(CC1)NC(=O)NC2=O. The average molecular weight is 297 g/mol. The molecule has 0 aromatic carbocycles. The molecular formula is C14H23N3O4. The summed E-state index contributed by atoms with van der Waals surface area (Å²) < 4.78 is 5.35. The zero-order valence-corrected chi connectivity index (χ0v) is 13.0. The van der Waals surface area contributed by atoms with Crippen LogP contribution in [0.3, 0.4) is 0 Å². The summed E-state index contributed by atoms with van der Waals surface area (Å²) in [6.45, 7) is 5.48. The molecule has 2 rings (SSSR count). The first-order valence-corrected chi connectivity index (χ1v) is 7.22. The molecule has 1 heterocycles. The molecule has 1 saturated heterocycles. The van der Waals surface area contributed by atoms with Crippen LogP contribution in [0.1, 0.15) is 46.5 Å². The molecule has 1 saturated carbocycles. The van der Waals surface area contributed by atoms with Crippen LogP contribution < -0.4 is 10.6 Å². The van der Waals surface area contributed by atoms with Gasteiger partial charge in [0.15, 0.2) is 0 Å². The van der Waals surface area contributed by atoms with Gasteiger partial charge < -0.3 is 15.0 Å². The second-order valence-electron chi connectivity index (χ2n) is 6.81. The molecule has 0 aromatic rings. The van der Waals surface area contributed by atoms with Gasteiger partial charge in [0, 0.05) is 13.1 Å². The third kappa shape index (κ3) is 3.28. The van der Waals surface area contributed by atoms with Crippen molar-refractivity contribution in [2.45, 2.75) is 63.6 Å². The summed E-state index contributed by atoms with van der Waals surface area (Å²) in [5.74, 6) is -0.258. The summed E-state index contributed by atoms with van der Waals surface area (Å²) in [5.41, 5.74) is -1.32. The first-order valence-electron chi connectivity index (χ1n) is 7.22. The van der Waals surface area contributed by atoms with Gasteiger partial charge in [-0.1, -0.05) is 0 Å². The molecular weight excluding hydrogens is 274 g/mol. The van der Waals surface area contributed by atoms with Gasteiger partial charge in [-0.25, -0.2) is 9.59 Å². The maximum atomic E-state index is 12.0. The minimum atomic E-state index is -0.789. The molecule has 7 heteroatoms. The first-order chi connectivity index (χ1) is 9.63. The van der Waals surface area contributed by atoms with Gasteiger partial charge in [0.05, 0.1) is 0 Å². The normalized spacial score (nSPS) is 29.0. The van der Waals surface area contributed by atoms with Gasteiger partial charge in [0.25, 0.3) is 5.91 Å². The van der Waals surface area contributed by atoms with Crippen LogP contribution in [0, 0.1) is 0 Å². The second kappa shape index (κ2) is 5.20. The van der Waals surface area contributed by atoms with Gasteiger partial charge in [-0.3, -0.25) is 10.1 Å². The Labute approximate surface area is 124 Å². The van der Waals surface area contributed by atoms with Crippen molar-refractivity contribution in [2.24, 2.45) is 0 Å². The van der Waals surface area contributed by atoms with Gasteiger partial charge >= 0.3 is 12.1 Å². The number of nitrogens with zero attached hydrogens (tertiary/aromatic N) is 1. The number of imide groups is 1. The fraction of sp³-hybridized carbons (Fsp3) is 0.786. The Morgan fingerprint density at radius 1 is 1.29 bits per heavy atom. The van der Waals surface area contributed by atoms with E-state index in [1.54, 1.807) is 11.9 Å². The molecule has 21 heavy (non-hydrogen) atoms. The van der Waals surface area contributed by atoms with Crippen LogP contribution in [0.5, 0.6) is 0 Å². The highest BCUT2D eigenvalue weighted by atomic mass is 16.6. The van der Waals surface area contributed by atoms with Crippen molar-refractivity contribution in [3.8, 4) is 0 Å². The fourth-order valence-electron chi connectivity index (χ4n) is 2.85. The van der Waals surface area contributed by atoms with E-state index in [1.165, 1.54) is 0 Å². The molecule has 0 radical (unpaired) electrons. The van der Waals surface area contributed by atoms with Crippen molar-refractivity contribution < 1.29 is 19.1 Å². The summed E-state index contributed by atoms with van der Waals surface area (Å²) in [4.78, 5) is 36.8. The van der Waals surface area contributed by atoms with Crippen molar-refractivity contribution in [1.82, 2.24) is 15.5 Å². The number of hydrogen-bond acceptors (Lipinski definition) is 4. The number of rotatable bonds is 1. The third-order valence-corrected chi connectivity index (χ3v) is 4.05. The largest absolute Gasteiger partial charge is 0.444 e. The Morgan fingerprint density at radius 3 is 2.29 bits per heavy atom. The van der Waals surface area contributed by atoms with Crippen molar-refractivity contribution in [3.05, 3.63) is 0 Å². The van der Waals surface area contributed by atoms with Gasteiger partial charge in [-0.15, -0.1) is 0 Å². The van der Waals surface area contributed by atoms with Crippen molar-refractivity contribution in [2.75, 3.05) is 7.05 Å². The van der Waals surface area contributed by atoms with E-state index >= 15 is 0 Å². The van der Waals surface area contributed by atoms with Crippen LogP contribution in [-0.2, 0) is 9.53 Å². The van der Waals surface area contributed by atoms with Gasteiger partial charge in [0.1, 0.15) is 11.1 Å². The Hall–Kier alpha value is -1.79. The molecule has 0 aromatic heterocycles. The highest BCUT2D eigenvalue weighted by molar-refractivity contribution is 6.07. The molecule has 0 unspecified atom stereocenters. The van der Waals surface area contributed by atoms with E-state index in [0.717, 1.165) is 0 Å². The molecule has 2 aliphatic rings. The van der Waals surface area contributed by atoms with Crippen LogP contribution in [0.2, 0.25) is 0 Å². The van der Waals surface area contributed by atoms with E-state index in [1.807, 2.05) is 20.8 Å². The second-order valence-corrected chi connectivity index (χ2v) is 6.81. The molecule has 1 aliphatic heterocycles. The lowest BCUT2D eigenvalue weighted by Crippen LogP contribution is -2.53. The number of ether oxygens (including phenoxy) is 1. The summed E-state index contributed by atoms with van der Waals surface area (Å²) in [6, 6.07) is -0.408. The quantitative estimate of drug-likeness (QED) is 0.716. The van der Waals surface area contributed by atoms with Crippen LogP contribution in [-0.4, -0.2) is 47.2 Å². The minimum Gasteiger partial charge on any atom is -0.444 e. The Balaban J connectivity index is 1.93. The standard InChI is InChI=1S/C14H23N3O4/c1-13(2,3)21-12(20)17(4)9-5-7-14(8-6-9)10(18)15-11(19)16-14/h9H,5-8H2,1-4H3,(H2,15,16,18,19). The molecule has 4 amide bonds. The predicted molar refractivity (Wildman–Crippen MR) is 75.7 cm³/mol. The summed E-state index contributed by atoms with van der Waals surface area (Å²) in [5, 5.41) is 4.99. The number of hydrogen-bond donors (Lipinski definition) is 2. The molecule has 118 valence electrons. The lowest BCUT2D eigenvalue weighted by molar-refractivity contribution is -0.125. The molecule has 1 spiro atoms. The van der Waals surface area contributed by atoms with Gasteiger partial charge in [-0.05, 0) is 46.5 Å². The molecule has 0 bridgehead atoms. The number of carbonyl (C=O) groups excluding carboxylic acids is 3. The predicted octanol–water partition coefficient (Wildman–Crippen LogP) is 1.37. The first kappa shape index (κ1) is 15.6. The smallest absolute Gasteiger partial charge is 0.410 e. The highest BCUT2D eigenvalue weighted by Crippen LogP contribution is 2.33. The lowest BCUT2D eigenvalue weighted by atomic mass is 9.79. The molecule has 0 atom stereocenters. The van der Waals surface area contributed by atoms with E-state index in [2.05, 4.69) is 10.6 Å². The van der Waals surface area contributed by atoms with Crippen LogP contribution in [0.4, 0.5) is 9.59 Å². The molecule has 2 N–H and O–H groups in total. The zero-order chi connectivity index (χ0) is 15.8. The number of nitrogens with one attached hydrogen (secondary N) is 2. The molecule has 1 aliphatic carbocycles. The number of carbonyl (C=O) groups is 3. The molecule has 2 fully saturated rings. The van der Waals surface area contributed by atoms with Gasteiger partial charge in [0.2, 0.25) is 0 Å². The third-order valence-electron chi connectivity index (χ3n) is 4.05. The average Bonchev–Trinajstić information content (AvgIpc) is 2.62. The summed E-state index contributed by atoms with van der Waals surface area (Å²) in [7, 11) is 1.71. The van der Waals surface area contributed by atoms with Crippen molar-refractivity contribution in [1.29, 1.82) is 0 Å². The summed E-state index contributed by atoms with van der Waals surface area (Å²) in [6.07, 6.45) is 2.01. The zero-order valence-electron chi connectivity index (χ0n) is 13.0. The monoisotopic (exact) mass is 297 g/mol. The van der Waals surface area contributed by atoms with E-state index in [9.17, 15) is 14.4 Å². The van der Waals surface area contributed by atoms with Crippen LogP contribution >= 0.6 is 0 Å². The van der Waals surface area contributed by atoms with Crippen LogP contribution in [0.25, 0.3) is 0 Å². The van der Waals surface area contributed by atoms with Crippen molar-refractivity contribution in [3.63, 3.8) is 0 Å². The number of urea groups is 1. The van der Waals surface area contributed by atoms with E-state index in [0.29, 0.717) is 25.7 Å². The van der Waals surface area contributed by atoms with Crippen molar-refractivity contribution >= 4 is 18.0 Å². The minimum absolute atomic E-state index is 0.0239.